The average Bonchev–Trinajstić information content (AvgIpc) is 2.67. The number of carbonyl (C=O) groups excluding carboxylic acids is 3. The van der Waals surface area contributed by atoms with Crippen molar-refractivity contribution in [2.75, 3.05) is 35.4 Å². The van der Waals surface area contributed by atoms with Gasteiger partial charge in [-0.15, -0.1) is 0 Å². The monoisotopic (exact) mass is 774 g/mol. The number of hydrogen-bond acceptors (Lipinski definition) is 6. The number of amides is 2. The lowest BCUT2D eigenvalue weighted by Gasteiger charge is -2.26. The Labute approximate surface area is 220 Å². The van der Waals surface area contributed by atoms with E-state index < -0.39 is 5.97 Å². The molecule has 1 rings (SSSR count). The fraction of sp³-hybridized carbons (Fsp3) is 0.444. The number of rotatable bonds is 10. The number of aromatic carboxylic acids is 1. The van der Waals surface area contributed by atoms with Crippen LogP contribution in [0.1, 0.15) is 37.0 Å². The summed E-state index contributed by atoms with van der Waals surface area (Å²) < 4.78 is 6.03. The first kappa shape index (κ1) is 27.7. The molecule has 2 N–H and O–H groups in total. The lowest BCUT2D eigenvalue weighted by Crippen LogP contribution is -2.31. The third-order valence-corrected chi connectivity index (χ3v) is 8.05. The van der Waals surface area contributed by atoms with Crippen LogP contribution in [0.25, 0.3) is 0 Å². The number of nitrogens with one attached hydrogen (secondary N) is 1. The van der Waals surface area contributed by atoms with Crippen molar-refractivity contribution in [3.05, 3.63) is 16.3 Å². The first-order chi connectivity index (χ1) is 14.1. The van der Waals surface area contributed by atoms with Gasteiger partial charge in [-0.3, -0.25) is 14.4 Å². The van der Waals surface area contributed by atoms with Gasteiger partial charge in [0.05, 0.1) is 41.2 Å². The Morgan fingerprint density at radius 1 is 1.07 bits per heavy atom. The van der Waals surface area contributed by atoms with Gasteiger partial charge in [0, 0.05) is 31.4 Å². The van der Waals surface area contributed by atoms with Crippen LogP contribution in [0.15, 0.2) is 0 Å². The van der Waals surface area contributed by atoms with Crippen LogP contribution in [0.3, 0.4) is 0 Å². The second kappa shape index (κ2) is 13.2. The molecule has 166 valence electrons. The Kier molecular flexibility index (Phi) is 12.2. The molecule has 0 radical (unpaired) electrons. The minimum atomic E-state index is -1.13. The molecule has 0 atom stereocenters. The third kappa shape index (κ3) is 7.36. The van der Waals surface area contributed by atoms with Gasteiger partial charge in [0.1, 0.15) is 0 Å². The van der Waals surface area contributed by atoms with Crippen LogP contribution in [0.4, 0.5) is 11.4 Å². The quantitative estimate of drug-likeness (QED) is 0.209. The molecule has 1 aromatic rings. The van der Waals surface area contributed by atoms with Crippen molar-refractivity contribution in [1.29, 1.82) is 0 Å². The summed E-state index contributed by atoms with van der Waals surface area (Å²) in [5.74, 6) is -0.857. The summed E-state index contributed by atoms with van der Waals surface area (Å²) in [5, 5.41) is 12.5. The maximum Gasteiger partial charge on any atom is 0.338 e. The highest BCUT2D eigenvalue weighted by Gasteiger charge is 2.28. The van der Waals surface area contributed by atoms with Gasteiger partial charge in [-0.25, -0.2) is 4.79 Å². The Hall–Kier alpha value is -0.360. The van der Waals surface area contributed by atoms with E-state index >= 15 is 0 Å². The summed E-state index contributed by atoms with van der Waals surface area (Å²) in [6, 6.07) is 0. The number of benzene rings is 1. The molecule has 2 amide bonds. The molecule has 0 aliphatic heterocycles. The summed E-state index contributed by atoms with van der Waals surface area (Å²) in [6.45, 7) is 3.58. The van der Waals surface area contributed by atoms with Gasteiger partial charge in [0.15, 0.2) is 0 Å². The summed E-state index contributed by atoms with van der Waals surface area (Å²) in [7, 11) is 1.33. The van der Waals surface area contributed by atoms with Crippen molar-refractivity contribution in [3.63, 3.8) is 0 Å². The van der Waals surface area contributed by atoms with Gasteiger partial charge >= 0.3 is 11.9 Å². The molecular formula is C18H21I3N2O6S. The number of methoxy groups -OCH3 is 1. The van der Waals surface area contributed by atoms with Gasteiger partial charge in [0.25, 0.3) is 0 Å². The SMILES string of the molecule is CCN(C(C)=O)c1c(I)c(NC(=O)CCSCCC(=O)OC)c(I)c(C(=O)O)c1I. The lowest BCUT2D eigenvalue weighted by molar-refractivity contribution is -0.140. The van der Waals surface area contributed by atoms with Crippen LogP contribution in [0, 0.1) is 10.7 Å². The number of ether oxygens (including phenoxy) is 1. The van der Waals surface area contributed by atoms with Crippen LogP contribution < -0.4 is 10.2 Å². The molecule has 8 nitrogen and oxygen atoms in total. The topological polar surface area (TPSA) is 113 Å². The predicted octanol–water partition coefficient (Wildman–Crippen LogP) is 4.20. The van der Waals surface area contributed by atoms with Crippen LogP contribution in [0.2, 0.25) is 0 Å². The molecule has 0 aromatic heterocycles. The number of thioether (sulfide) groups is 1. The maximum atomic E-state index is 12.5. The first-order valence-electron chi connectivity index (χ1n) is 8.72. The Bertz CT molecular complexity index is 850. The fourth-order valence-electron chi connectivity index (χ4n) is 2.45. The van der Waals surface area contributed by atoms with Gasteiger partial charge in [-0.2, -0.15) is 11.8 Å². The maximum absolute atomic E-state index is 12.5. The molecule has 0 fully saturated rings. The van der Waals surface area contributed by atoms with E-state index in [0.29, 0.717) is 40.1 Å². The highest BCUT2D eigenvalue weighted by Crippen LogP contribution is 2.40. The number of carbonyl (C=O) groups is 4. The molecule has 0 saturated heterocycles. The van der Waals surface area contributed by atoms with E-state index in [9.17, 15) is 24.3 Å². The van der Waals surface area contributed by atoms with Crippen molar-refractivity contribution in [3.8, 4) is 0 Å². The molecule has 0 saturated carbocycles. The minimum Gasteiger partial charge on any atom is -0.478 e. The molecule has 0 unspecified atom stereocenters. The largest absolute Gasteiger partial charge is 0.478 e. The summed E-state index contributed by atoms with van der Waals surface area (Å²) >= 11 is 7.33. The minimum absolute atomic E-state index is 0.0501. The van der Waals surface area contributed by atoms with Crippen molar-refractivity contribution in [2.45, 2.75) is 26.7 Å². The van der Waals surface area contributed by atoms with Crippen LogP contribution in [-0.4, -0.2) is 54.0 Å². The molecule has 0 spiro atoms. The molecule has 0 bridgehead atoms. The van der Waals surface area contributed by atoms with E-state index in [-0.39, 0.29) is 36.2 Å². The lowest BCUT2D eigenvalue weighted by atomic mass is 10.1. The Balaban J connectivity index is 3.13. The van der Waals surface area contributed by atoms with Gasteiger partial charge in [-0.05, 0) is 74.7 Å². The van der Waals surface area contributed by atoms with Gasteiger partial charge < -0.3 is 20.1 Å². The van der Waals surface area contributed by atoms with Crippen molar-refractivity contribution in [1.82, 2.24) is 0 Å². The van der Waals surface area contributed by atoms with Crippen molar-refractivity contribution < 1.29 is 29.0 Å². The molecule has 12 heteroatoms. The van der Waals surface area contributed by atoms with Crippen molar-refractivity contribution in [2.24, 2.45) is 0 Å². The Morgan fingerprint density at radius 3 is 2.17 bits per heavy atom. The first-order valence-corrected chi connectivity index (χ1v) is 13.1. The third-order valence-electron chi connectivity index (χ3n) is 3.89. The standard InChI is InChI=1S/C18H21I3N2O6S/c1-4-23(9(2)24)17-14(20)12(18(27)28)13(19)16(15(17)21)22-10(25)5-7-30-8-6-11(26)29-3/h4-8H2,1-3H3,(H,22,25)(H,27,28). The fourth-order valence-corrected chi connectivity index (χ4v) is 7.77. The number of anilines is 2. The molecule has 0 aliphatic rings. The van der Waals surface area contributed by atoms with E-state index in [1.165, 1.54) is 30.7 Å². The number of esters is 1. The van der Waals surface area contributed by atoms with Crippen LogP contribution in [0.5, 0.6) is 0 Å². The van der Waals surface area contributed by atoms with Crippen LogP contribution in [-0.2, 0) is 19.1 Å². The van der Waals surface area contributed by atoms with E-state index in [1.54, 1.807) is 6.92 Å². The molecular weight excluding hydrogens is 753 g/mol. The second-order valence-corrected chi connectivity index (χ2v) is 10.3. The van der Waals surface area contributed by atoms with Gasteiger partial charge in [0.2, 0.25) is 11.8 Å². The van der Waals surface area contributed by atoms with E-state index in [2.05, 4.69) is 10.1 Å². The zero-order chi connectivity index (χ0) is 23.0. The highest BCUT2D eigenvalue weighted by molar-refractivity contribution is 14.1. The summed E-state index contributed by atoms with van der Waals surface area (Å²) in [5.41, 5.74) is 0.911. The van der Waals surface area contributed by atoms with Crippen LogP contribution >= 0.6 is 79.5 Å². The molecule has 30 heavy (non-hydrogen) atoms. The van der Waals surface area contributed by atoms with E-state index in [0.717, 1.165) is 0 Å². The smallest absolute Gasteiger partial charge is 0.338 e. The number of nitrogens with zero attached hydrogens (tertiary/aromatic N) is 1. The normalized spacial score (nSPS) is 10.5. The van der Waals surface area contributed by atoms with E-state index in [1.807, 2.05) is 67.8 Å². The summed E-state index contributed by atoms with van der Waals surface area (Å²) in [4.78, 5) is 49.0. The predicted molar refractivity (Wildman–Crippen MR) is 142 cm³/mol. The summed E-state index contributed by atoms with van der Waals surface area (Å²) in [6.07, 6.45) is 0.477. The number of carboxylic acid groups (broad SMARTS) is 1. The molecule has 1 aromatic carbocycles. The average molecular weight is 774 g/mol. The number of halogens is 3. The van der Waals surface area contributed by atoms with Gasteiger partial charge in [-0.1, -0.05) is 0 Å². The molecule has 0 aliphatic carbocycles. The van der Waals surface area contributed by atoms with E-state index in [4.69, 9.17) is 0 Å². The highest BCUT2D eigenvalue weighted by atomic mass is 127. The van der Waals surface area contributed by atoms with Crippen molar-refractivity contribution >= 4 is 115 Å². The molecule has 0 heterocycles. The zero-order valence-corrected chi connectivity index (χ0v) is 23.8. The second-order valence-electron chi connectivity index (χ2n) is 5.85. The number of carboxylic acids is 1. The Morgan fingerprint density at radius 2 is 1.67 bits per heavy atom. The zero-order valence-electron chi connectivity index (χ0n) is 16.5. The number of hydrogen-bond donors (Lipinski definition) is 2.